The summed E-state index contributed by atoms with van der Waals surface area (Å²) in [7, 11) is 0. The Labute approximate surface area is 126 Å². The van der Waals surface area contributed by atoms with Gasteiger partial charge in [-0.2, -0.15) is 0 Å². The minimum Gasteiger partial charge on any atom is -0.381 e. The van der Waals surface area contributed by atoms with E-state index in [1.54, 1.807) is 0 Å². The van der Waals surface area contributed by atoms with E-state index in [4.69, 9.17) is 9.72 Å². The largest absolute Gasteiger partial charge is 0.381 e. The molecule has 0 radical (unpaired) electrons. The van der Waals surface area contributed by atoms with Gasteiger partial charge in [0.25, 0.3) is 0 Å². The highest BCUT2D eigenvalue weighted by Crippen LogP contribution is 2.43. The van der Waals surface area contributed by atoms with E-state index >= 15 is 0 Å². The van der Waals surface area contributed by atoms with Crippen LogP contribution in [0.4, 0.5) is 0 Å². The van der Waals surface area contributed by atoms with Crippen LogP contribution < -0.4 is 5.32 Å². The molecule has 0 spiro atoms. The summed E-state index contributed by atoms with van der Waals surface area (Å²) in [6.45, 7) is 9.50. The molecule has 0 aromatic carbocycles. The lowest BCUT2D eigenvalue weighted by molar-refractivity contribution is 0.186. The molecule has 3 nitrogen and oxygen atoms in total. The molecule has 1 aromatic rings. The SMILES string of the molecule is CC(C)(C)NCc1sc(CC2CCOC2)nc1C1CC1. The molecule has 0 amide bonds. The third-order valence-corrected chi connectivity index (χ3v) is 5.10. The van der Waals surface area contributed by atoms with Gasteiger partial charge in [0.05, 0.1) is 10.7 Å². The number of thiazole rings is 1. The number of hydrogen-bond donors (Lipinski definition) is 1. The molecule has 20 heavy (non-hydrogen) atoms. The third kappa shape index (κ3) is 3.80. The van der Waals surface area contributed by atoms with Crippen molar-refractivity contribution in [3.63, 3.8) is 0 Å². The van der Waals surface area contributed by atoms with Crippen LogP contribution in [0, 0.1) is 5.92 Å². The van der Waals surface area contributed by atoms with Crippen LogP contribution in [0.1, 0.15) is 61.5 Å². The molecule has 1 aliphatic carbocycles. The molecule has 2 fully saturated rings. The van der Waals surface area contributed by atoms with Gasteiger partial charge in [0.2, 0.25) is 0 Å². The first-order chi connectivity index (χ1) is 9.51. The summed E-state index contributed by atoms with van der Waals surface area (Å²) in [5.41, 5.74) is 1.56. The van der Waals surface area contributed by atoms with Gasteiger partial charge < -0.3 is 10.1 Å². The molecule has 112 valence electrons. The summed E-state index contributed by atoms with van der Waals surface area (Å²) in [5.74, 6) is 1.44. The first-order valence-corrected chi connectivity index (χ1v) is 8.64. The van der Waals surface area contributed by atoms with Crippen molar-refractivity contribution in [3.05, 3.63) is 15.6 Å². The van der Waals surface area contributed by atoms with Crippen molar-refractivity contribution in [2.45, 2.75) is 64.5 Å². The number of nitrogens with zero attached hydrogens (tertiary/aromatic N) is 1. The predicted molar refractivity (Wildman–Crippen MR) is 83.3 cm³/mol. The van der Waals surface area contributed by atoms with Crippen LogP contribution in [0.25, 0.3) is 0 Å². The predicted octanol–water partition coefficient (Wildman–Crippen LogP) is 3.49. The Morgan fingerprint density at radius 1 is 1.30 bits per heavy atom. The lowest BCUT2D eigenvalue weighted by atomic mass is 10.1. The fourth-order valence-electron chi connectivity index (χ4n) is 2.64. The highest BCUT2D eigenvalue weighted by molar-refractivity contribution is 7.11. The van der Waals surface area contributed by atoms with Gasteiger partial charge in [-0.15, -0.1) is 11.3 Å². The monoisotopic (exact) mass is 294 g/mol. The molecule has 1 aromatic heterocycles. The molecule has 1 saturated heterocycles. The second-order valence-corrected chi connectivity index (χ2v) is 8.40. The Kier molecular flexibility index (Phi) is 4.16. The Morgan fingerprint density at radius 2 is 2.10 bits per heavy atom. The smallest absolute Gasteiger partial charge is 0.0935 e. The summed E-state index contributed by atoms with van der Waals surface area (Å²) in [4.78, 5) is 6.43. The molecule has 2 aliphatic rings. The van der Waals surface area contributed by atoms with E-state index in [0.717, 1.165) is 32.1 Å². The zero-order valence-electron chi connectivity index (χ0n) is 12.9. The fourth-order valence-corrected chi connectivity index (χ4v) is 3.85. The molecular weight excluding hydrogens is 268 g/mol. The summed E-state index contributed by atoms with van der Waals surface area (Å²) in [6.07, 6.45) is 4.98. The number of ether oxygens (including phenoxy) is 1. The summed E-state index contributed by atoms with van der Waals surface area (Å²) < 4.78 is 5.48. The van der Waals surface area contributed by atoms with Crippen LogP contribution >= 0.6 is 11.3 Å². The average Bonchev–Trinajstić information content (AvgIpc) is 2.94. The van der Waals surface area contributed by atoms with E-state index in [-0.39, 0.29) is 5.54 Å². The van der Waals surface area contributed by atoms with Gasteiger partial charge in [0.15, 0.2) is 0 Å². The van der Waals surface area contributed by atoms with E-state index < -0.39 is 0 Å². The van der Waals surface area contributed by atoms with Crippen molar-refractivity contribution in [2.75, 3.05) is 13.2 Å². The Bertz CT molecular complexity index is 454. The minimum atomic E-state index is 0.171. The Balaban J connectivity index is 1.68. The fraction of sp³-hybridized carbons (Fsp3) is 0.812. The number of nitrogens with one attached hydrogen (secondary N) is 1. The highest BCUT2D eigenvalue weighted by atomic mass is 32.1. The average molecular weight is 294 g/mol. The van der Waals surface area contributed by atoms with Gasteiger partial charge >= 0.3 is 0 Å². The van der Waals surface area contributed by atoms with E-state index in [1.165, 1.54) is 34.8 Å². The standard InChI is InChI=1S/C16H26N2OS/c1-16(2,3)17-9-13-15(12-4-5-12)18-14(20-13)8-11-6-7-19-10-11/h11-12,17H,4-10H2,1-3H3. The van der Waals surface area contributed by atoms with Crippen molar-refractivity contribution in [1.82, 2.24) is 10.3 Å². The highest BCUT2D eigenvalue weighted by Gasteiger charge is 2.30. The number of aromatic nitrogens is 1. The lowest BCUT2D eigenvalue weighted by Gasteiger charge is -2.20. The number of rotatable bonds is 5. The third-order valence-electron chi connectivity index (χ3n) is 4.00. The molecule has 2 heterocycles. The quantitative estimate of drug-likeness (QED) is 0.902. The summed E-state index contributed by atoms with van der Waals surface area (Å²) >= 11 is 1.93. The summed E-state index contributed by atoms with van der Waals surface area (Å²) in [5, 5.41) is 4.94. The zero-order chi connectivity index (χ0) is 14.2. The van der Waals surface area contributed by atoms with Crippen LogP contribution in [0.2, 0.25) is 0 Å². The van der Waals surface area contributed by atoms with Crippen LogP contribution in [-0.4, -0.2) is 23.7 Å². The molecule has 1 saturated carbocycles. The van der Waals surface area contributed by atoms with Gasteiger partial charge in [-0.1, -0.05) is 0 Å². The maximum atomic E-state index is 5.48. The van der Waals surface area contributed by atoms with Crippen LogP contribution in [-0.2, 0) is 17.7 Å². The normalized spacial score (nSPS) is 23.4. The first-order valence-electron chi connectivity index (χ1n) is 7.82. The van der Waals surface area contributed by atoms with Gasteiger partial charge in [-0.25, -0.2) is 4.98 Å². The van der Waals surface area contributed by atoms with Gasteiger partial charge in [0.1, 0.15) is 0 Å². The topological polar surface area (TPSA) is 34.1 Å². The van der Waals surface area contributed by atoms with Gasteiger partial charge in [0, 0.05) is 42.5 Å². The molecular formula is C16H26N2OS. The molecule has 1 atom stereocenters. The van der Waals surface area contributed by atoms with E-state index in [9.17, 15) is 0 Å². The Hall–Kier alpha value is -0.450. The Morgan fingerprint density at radius 3 is 2.70 bits per heavy atom. The lowest BCUT2D eigenvalue weighted by Crippen LogP contribution is -2.35. The van der Waals surface area contributed by atoms with E-state index in [2.05, 4.69) is 26.1 Å². The van der Waals surface area contributed by atoms with E-state index in [0.29, 0.717) is 5.92 Å². The van der Waals surface area contributed by atoms with Crippen molar-refractivity contribution in [3.8, 4) is 0 Å². The molecule has 4 heteroatoms. The number of hydrogen-bond acceptors (Lipinski definition) is 4. The summed E-state index contributed by atoms with van der Waals surface area (Å²) in [6, 6.07) is 0. The second kappa shape index (κ2) is 5.74. The van der Waals surface area contributed by atoms with Gasteiger partial charge in [-0.05, 0) is 46.0 Å². The molecule has 0 bridgehead atoms. The van der Waals surface area contributed by atoms with Crippen molar-refractivity contribution in [1.29, 1.82) is 0 Å². The van der Waals surface area contributed by atoms with Crippen LogP contribution in [0.15, 0.2) is 0 Å². The molecule has 1 N–H and O–H groups in total. The van der Waals surface area contributed by atoms with Crippen LogP contribution in [0.5, 0.6) is 0 Å². The van der Waals surface area contributed by atoms with Gasteiger partial charge in [-0.3, -0.25) is 0 Å². The van der Waals surface area contributed by atoms with E-state index in [1.807, 2.05) is 11.3 Å². The minimum absolute atomic E-state index is 0.171. The van der Waals surface area contributed by atoms with Crippen molar-refractivity contribution < 1.29 is 4.74 Å². The van der Waals surface area contributed by atoms with Crippen molar-refractivity contribution >= 4 is 11.3 Å². The molecule has 1 unspecified atom stereocenters. The molecule has 1 aliphatic heterocycles. The van der Waals surface area contributed by atoms with Crippen molar-refractivity contribution in [2.24, 2.45) is 5.92 Å². The second-order valence-electron chi connectivity index (χ2n) is 7.23. The maximum Gasteiger partial charge on any atom is 0.0935 e. The molecule has 3 rings (SSSR count). The first kappa shape index (κ1) is 14.5. The zero-order valence-corrected chi connectivity index (χ0v) is 13.7. The van der Waals surface area contributed by atoms with Crippen LogP contribution in [0.3, 0.4) is 0 Å². The maximum absolute atomic E-state index is 5.48.